The van der Waals surface area contributed by atoms with E-state index in [-0.39, 0.29) is 0 Å². The zero-order valence-electron chi connectivity index (χ0n) is 10.3. The summed E-state index contributed by atoms with van der Waals surface area (Å²) in [5.41, 5.74) is 0. The van der Waals surface area contributed by atoms with E-state index in [1.807, 2.05) is 11.3 Å². The van der Waals surface area contributed by atoms with Crippen LogP contribution in [0.5, 0.6) is 0 Å². The molecule has 1 aliphatic heterocycles. The quantitative estimate of drug-likeness (QED) is 0.848. The maximum Gasteiger partial charge on any atom is 0.0331 e. The van der Waals surface area contributed by atoms with Crippen molar-refractivity contribution in [2.45, 2.75) is 39.3 Å². The number of rotatable bonds is 5. The minimum absolute atomic E-state index is 0.752. The van der Waals surface area contributed by atoms with Gasteiger partial charge in [0.15, 0.2) is 0 Å². The van der Waals surface area contributed by atoms with Crippen LogP contribution in [0.1, 0.15) is 29.5 Å². The van der Waals surface area contributed by atoms with Crippen LogP contribution in [0.2, 0.25) is 0 Å². The number of thiophene rings is 1. The first-order valence-electron chi connectivity index (χ1n) is 6.29. The van der Waals surface area contributed by atoms with Gasteiger partial charge in [-0.25, -0.2) is 0 Å². The zero-order valence-corrected chi connectivity index (χ0v) is 11.1. The van der Waals surface area contributed by atoms with Crippen LogP contribution < -0.4 is 5.32 Å². The topological polar surface area (TPSA) is 15.3 Å². The van der Waals surface area contributed by atoms with E-state index in [1.54, 1.807) is 0 Å². The summed E-state index contributed by atoms with van der Waals surface area (Å²) < 4.78 is 0. The molecule has 16 heavy (non-hydrogen) atoms. The Morgan fingerprint density at radius 1 is 1.50 bits per heavy atom. The Hall–Kier alpha value is -0.380. The molecule has 0 aromatic carbocycles. The Kier molecular flexibility index (Phi) is 4.38. The van der Waals surface area contributed by atoms with Gasteiger partial charge in [0, 0.05) is 28.9 Å². The first-order chi connectivity index (χ1) is 7.79. The van der Waals surface area contributed by atoms with E-state index in [9.17, 15) is 0 Å². The predicted molar refractivity (Wildman–Crippen MR) is 71.0 cm³/mol. The normalized spacial score (nSPS) is 20.8. The fourth-order valence-corrected chi connectivity index (χ4v) is 3.32. The highest BCUT2D eigenvalue weighted by molar-refractivity contribution is 7.11. The molecule has 90 valence electrons. The smallest absolute Gasteiger partial charge is 0.0331 e. The summed E-state index contributed by atoms with van der Waals surface area (Å²) >= 11 is 1.94. The zero-order chi connectivity index (χ0) is 11.4. The average Bonchev–Trinajstić information content (AvgIpc) is 2.88. The number of hydrogen-bond donors (Lipinski definition) is 1. The predicted octanol–water partition coefficient (Wildman–Crippen LogP) is 2.63. The van der Waals surface area contributed by atoms with Crippen LogP contribution in [0, 0.1) is 6.92 Å². The molecule has 0 aliphatic carbocycles. The minimum atomic E-state index is 0.752. The van der Waals surface area contributed by atoms with Crippen molar-refractivity contribution in [2.75, 3.05) is 19.6 Å². The third-order valence-corrected chi connectivity index (χ3v) is 4.20. The highest BCUT2D eigenvalue weighted by Gasteiger charge is 2.21. The Bertz CT molecular complexity index is 315. The molecule has 3 heteroatoms. The second-order valence-corrected chi connectivity index (χ2v) is 6.00. The molecule has 0 saturated carbocycles. The molecule has 1 atom stereocenters. The molecular formula is C13H22N2S. The highest BCUT2D eigenvalue weighted by Crippen LogP contribution is 2.20. The minimum Gasteiger partial charge on any atom is -0.315 e. The van der Waals surface area contributed by atoms with Crippen molar-refractivity contribution < 1.29 is 0 Å². The highest BCUT2D eigenvalue weighted by atomic mass is 32.1. The third-order valence-electron chi connectivity index (χ3n) is 3.22. The van der Waals surface area contributed by atoms with E-state index < -0.39 is 0 Å². The van der Waals surface area contributed by atoms with E-state index in [0.717, 1.165) is 12.6 Å². The summed E-state index contributed by atoms with van der Waals surface area (Å²) in [6.45, 7) is 9.19. The molecule has 0 bridgehead atoms. The monoisotopic (exact) mass is 238 g/mol. The largest absolute Gasteiger partial charge is 0.315 e. The molecule has 1 fully saturated rings. The summed E-state index contributed by atoms with van der Waals surface area (Å²) in [5, 5.41) is 3.46. The standard InChI is InChI=1S/C13H22N2S/c1-3-8-15(12-6-7-14-9-12)10-13-5-4-11(2)16-13/h4-5,12,14H,3,6-10H2,1-2H3. The van der Waals surface area contributed by atoms with Gasteiger partial charge in [0.05, 0.1) is 0 Å². The summed E-state index contributed by atoms with van der Waals surface area (Å²) in [4.78, 5) is 5.58. The number of hydrogen-bond acceptors (Lipinski definition) is 3. The van der Waals surface area contributed by atoms with E-state index in [2.05, 4.69) is 36.2 Å². The van der Waals surface area contributed by atoms with Crippen LogP contribution in [0.25, 0.3) is 0 Å². The molecule has 1 unspecified atom stereocenters. The summed E-state index contributed by atoms with van der Waals surface area (Å²) in [6.07, 6.45) is 2.56. The third kappa shape index (κ3) is 3.06. The van der Waals surface area contributed by atoms with Gasteiger partial charge in [-0.2, -0.15) is 0 Å². The van der Waals surface area contributed by atoms with Gasteiger partial charge in [-0.3, -0.25) is 4.90 Å². The molecule has 0 amide bonds. The van der Waals surface area contributed by atoms with Gasteiger partial charge in [0.1, 0.15) is 0 Å². The lowest BCUT2D eigenvalue weighted by atomic mass is 10.2. The second kappa shape index (κ2) is 5.80. The fourth-order valence-electron chi connectivity index (χ4n) is 2.40. The SMILES string of the molecule is CCCN(Cc1ccc(C)s1)C1CCNC1. The molecule has 0 radical (unpaired) electrons. The summed E-state index contributed by atoms with van der Waals surface area (Å²) in [7, 11) is 0. The van der Waals surface area contributed by atoms with Gasteiger partial charge in [0.2, 0.25) is 0 Å². The van der Waals surface area contributed by atoms with Crippen molar-refractivity contribution in [1.82, 2.24) is 10.2 Å². The summed E-state index contributed by atoms with van der Waals surface area (Å²) in [5.74, 6) is 0. The van der Waals surface area contributed by atoms with Crippen LogP contribution >= 0.6 is 11.3 Å². The molecule has 2 rings (SSSR count). The number of nitrogens with zero attached hydrogens (tertiary/aromatic N) is 1. The fraction of sp³-hybridized carbons (Fsp3) is 0.692. The lowest BCUT2D eigenvalue weighted by Crippen LogP contribution is -2.36. The van der Waals surface area contributed by atoms with Gasteiger partial charge < -0.3 is 5.32 Å². The first kappa shape index (κ1) is 12.1. The molecular weight excluding hydrogens is 216 g/mol. The molecule has 2 heterocycles. The van der Waals surface area contributed by atoms with Gasteiger partial charge in [-0.15, -0.1) is 11.3 Å². The van der Waals surface area contributed by atoms with Gasteiger partial charge in [0.25, 0.3) is 0 Å². The molecule has 1 aromatic heterocycles. The summed E-state index contributed by atoms with van der Waals surface area (Å²) in [6, 6.07) is 5.27. The van der Waals surface area contributed by atoms with Gasteiger partial charge in [-0.1, -0.05) is 6.92 Å². The van der Waals surface area contributed by atoms with Crippen LogP contribution in [0.15, 0.2) is 12.1 Å². The Morgan fingerprint density at radius 3 is 2.94 bits per heavy atom. The molecule has 1 aliphatic rings. The van der Waals surface area contributed by atoms with E-state index in [0.29, 0.717) is 0 Å². The molecule has 0 spiro atoms. The number of nitrogens with one attached hydrogen (secondary N) is 1. The lowest BCUT2D eigenvalue weighted by Gasteiger charge is -2.27. The van der Waals surface area contributed by atoms with Crippen LogP contribution in [-0.2, 0) is 6.54 Å². The van der Waals surface area contributed by atoms with Crippen molar-refractivity contribution >= 4 is 11.3 Å². The van der Waals surface area contributed by atoms with Crippen LogP contribution in [0.3, 0.4) is 0 Å². The molecule has 1 aromatic rings. The molecule has 1 saturated heterocycles. The maximum absolute atomic E-state index is 3.46. The van der Waals surface area contributed by atoms with Crippen molar-refractivity contribution in [3.8, 4) is 0 Å². The first-order valence-corrected chi connectivity index (χ1v) is 7.11. The Balaban J connectivity index is 1.96. The number of aryl methyl sites for hydroxylation is 1. The van der Waals surface area contributed by atoms with Gasteiger partial charge in [-0.05, 0) is 45.0 Å². The van der Waals surface area contributed by atoms with Crippen LogP contribution in [0.4, 0.5) is 0 Å². The van der Waals surface area contributed by atoms with Crippen molar-refractivity contribution in [1.29, 1.82) is 0 Å². The Morgan fingerprint density at radius 2 is 2.38 bits per heavy atom. The van der Waals surface area contributed by atoms with E-state index in [1.165, 1.54) is 42.2 Å². The maximum atomic E-state index is 3.46. The second-order valence-electron chi connectivity index (χ2n) is 4.63. The van der Waals surface area contributed by atoms with Gasteiger partial charge >= 0.3 is 0 Å². The lowest BCUT2D eigenvalue weighted by molar-refractivity contribution is 0.201. The molecule has 2 nitrogen and oxygen atoms in total. The van der Waals surface area contributed by atoms with Crippen LogP contribution in [-0.4, -0.2) is 30.6 Å². The van der Waals surface area contributed by atoms with Crippen molar-refractivity contribution in [3.05, 3.63) is 21.9 Å². The molecule has 1 N–H and O–H groups in total. The Labute approximate surface area is 103 Å². The van der Waals surface area contributed by atoms with E-state index in [4.69, 9.17) is 0 Å². The van der Waals surface area contributed by atoms with Crippen molar-refractivity contribution in [3.63, 3.8) is 0 Å². The average molecular weight is 238 g/mol. The van der Waals surface area contributed by atoms with E-state index >= 15 is 0 Å². The van der Waals surface area contributed by atoms with Crippen molar-refractivity contribution in [2.24, 2.45) is 0 Å².